The minimum absolute atomic E-state index is 0. The zero-order chi connectivity index (χ0) is 7.56. The lowest BCUT2D eigenvalue weighted by molar-refractivity contribution is 0.109. The summed E-state index contributed by atoms with van der Waals surface area (Å²) in [6.45, 7) is 1.76. The molecule has 12 heavy (non-hydrogen) atoms. The fourth-order valence-corrected chi connectivity index (χ4v) is 0.618. The van der Waals surface area contributed by atoms with Gasteiger partial charge in [0.05, 0.1) is 5.56 Å². The third-order valence-electron chi connectivity index (χ3n) is 1.03. The van der Waals surface area contributed by atoms with Gasteiger partial charge in [-0.15, -0.1) is 37.4 Å². The second-order valence-corrected chi connectivity index (χ2v) is 2.23. The van der Waals surface area contributed by atoms with Crippen LogP contribution in [0.3, 0.4) is 0 Å². The Morgan fingerprint density at radius 3 is 2.08 bits per heavy atom. The molecule has 1 heterocycles. The number of nitrogens with zero attached hydrogens (tertiary/aromatic N) is 2. The van der Waals surface area contributed by atoms with Crippen LogP contribution in [0.15, 0.2) is 12.4 Å². The van der Waals surface area contributed by atoms with Gasteiger partial charge in [-0.25, -0.2) is 9.97 Å². The van der Waals surface area contributed by atoms with Gasteiger partial charge in [0, 0.05) is 12.4 Å². The van der Waals surface area contributed by atoms with E-state index < -0.39 is 0 Å². The number of halogens is 2. The van der Waals surface area contributed by atoms with Crippen LogP contribution < -0.4 is 0 Å². The molecule has 0 aliphatic carbocycles. The maximum atomic E-state index is 10.5. The highest BCUT2D eigenvalue weighted by atomic mass is 35.5. The smallest absolute Gasteiger partial charge is 0.219 e. The van der Waals surface area contributed by atoms with Gasteiger partial charge in [-0.1, -0.05) is 0 Å². The SMILES string of the molecule is Cc1ncc(C(=O)S)cn1.Cl.Cl. The summed E-state index contributed by atoms with van der Waals surface area (Å²) in [7, 11) is 0. The summed E-state index contributed by atoms with van der Waals surface area (Å²) in [4.78, 5) is 18.2. The summed E-state index contributed by atoms with van der Waals surface area (Å²) >= 11 is 3.60. The molecule has 1 rings (SSSR count). The molecule has 0 saturated carbocycles. The Balaban J connectivity index is 0. The van der Waals surface area contributed by atoms with Crippen LogP contribution in [-0.4, -0.2) is 15.1 Å². The Hall–Kier alpha value is -0.320. The number of hydrogen-bond donors (Lipinski definition) is 1. The van der Waals surface area contributed by atoms with Crippen LogP contribution in [0.1, 0.15) is 16.2 Å². The highest BCUT2D eigenvalue weighted by molar-refractivity contribution is 7.97. The Morgan fingerprint density at radius 2 is 1.75 bits per heavy atom. The molecule has 0 N–H and O–H groups in total. The van der Waals surface area contributed by atoms with Crippen LogP contribution >= 0.6 is 37.4 Å². The molecule has 0 radical (unpaired) electrons. The molecule has 0 fully saturated rings. The summed E-state index contributed by atoms with van der Waals surface area (Å²) < 4.78 is 0. The molecule has 0 aromatic carbocycles. The minimum atomic E-state index is -0.306. The van der Waals surface area contributed by atoms with Crippen molar-refractivity contribution in [3.8, 4) is 0 Å². The number of aromatic nitrogens is 2. The molecule has 0 spiro atoms. The lowest BCUT2D eigenvalue weighted by Crippen LogP contribution is -1.93. The summed E-state index contributed by atoms with van der Waals surface area (Å²) in [6, 6.07) is 0. The van der Waals surface area contributed by atoms with Gasteiger partial charge in [-0.3, -0.25) is 4.79 Å². The molecule has 3 nitrogen and oxygen atoms in total. The van der Waals surface area contributed by atoms with Crippen molar-refractivity contribution >= 4 is 42.6 Å². The van der Waals surface area contributed by atoms with Crippen molar-refractivity contribution in [1.29, 1.82) is 0 Å². The Kier molecular flexibility index (Phi) is 7.37. The van der Waals surface area contributed by atoms with Crippen LogP contribution in [0.4, 0.5) is 0 Å². The molecule has 0 saturated heterocycles. The van der Waals surface area contributed by atoms with Gasteiger partial charge < -0.3 is 0 Å². The summed E-state index contributed by atoms with van der Waals surface area (Å²) in [5.74, 6) is 0.651. The highest BCUT2D eigenvalue weighted by Crippen LogP contribution is 1.98. The van der Waals surface area contributed by atoms with E-state index in [9.17, 15) is 4.79 Å². The molecule has 68 valence electrons. The molecule has 0 aliphatic rings. The first-order valence-electron chi connectivity index (χ1n) is 2.72. The van der Waals surface area contributed by atoms with Crippen molar-refractivity contribution < 1.29 is 4.79 Å². The molecule has 0 atom stereocenters. The lowest BCUT2D eigenvalue weighted by atomic mass is 10.4. The van der Waals surface area contributed by atoms with E-state index in [0.29, 0.717) is 11.4 Å². The summed E-state index contributed by atoms with van der Waals surface area (Å²) in [5.41, 5.74) is 0.425. The molecule has 0 bridgehead atoms. The lowest BCUT2D eigenvalue weighted by Gasteiger charge is -1.91. The molecular formula is C6H8Cl2N2OS. The molecule has 0 amide bonds. The van der Waals surface area contributed by atoms with E-state index in [-0.39, 0.29) is 29.9 Å². The summed E-state index contributed by atoms with van der Waals surface area (Å²) in [6.07, 6.45) is 2.91. The average Bonchev–Trinajstić information content (AvgIpc) is 1.88. The largest absolute Gasteiger partial charge is 0.282 e. The van der Waals surface area contributed by atoms with Crippen molar-refractivity contribution in [2.75, 3.05) is 0 Å². The average molecular weight is 227 g/mol. The standard InChI is InChI=1S/C6H6N2OS.2ClH/c1-4-7-2-5(3-8-4)6(9)10;;/h2-3H,1H3,(H,9,10);2*1H. The number of rotatable bonds is 1. The van der Waals surface area contributed by atoms with E-state index >= 15 is 0 Å². The van der Waals surface area contributed by atoms with E-state index in [2.05, 4.69) is 22.6 Å². The third kappa shape index (κ3) is 3.90. The number of carbonyl (C=O) groups excluding carboxylic acids is 1. The van der Waals surface area contributed by atoms with Gasteiger partial charge >= 0.3 is 0 Å². The number of thiol groups is 1. The normalized spacial score (nSPS) is 7.83. The Bertz CT molecular complexity index is 252. The van der Waals surface area contributed by atoms with Gasteiger partial charge in [0.2, 0.25) is 5.12 Å². The van der Waals surface area contributed by atoms with Crippen LogP contribution in [0.25, 0.3) is 0 Å². The Morgan fingerprint density at radius 1 is 1.33 bits per heavy atom. The molecule has 0 aliphatic heterocycles. The fourth-order valence-electron chi connectivity index (χ4n) is 0.503. The topological polar surface area (TPSA) is 42.9 Å². The van der Waals surface area contributed by atoms with E-state index in [1.54, 1.807) is 6.92 Å². The minimum Gasteiger partial charge on any atom is -0.282 e. The van der Waals surface area contributed by atoms with Crippen molar-refractivity contribution in [3.63, 3.8) is 0 Å². The number of aryl methyl sites for hydroxylation is 1. The monoisotopic (exact) mass is 226 g/mol. The van der Waals surface area contributed by atoms with E-state index in [1.165, 1.54) is 12.4 Å². The third-order valence-corrected chi connectivity index (χ3v) is 1.29. The van der Waals surface area contributed by atoms with Gasteiger partial charge in [0.25, 0.3) is 0 Å². The Labute approximate surface area is 88.2 Å². The van der Waals surface area contributed by atoms with Gasteiger partial charge in [-0.05, 0) is 6.92 Å². The van der Waals surface area contributed by atoms with Crippen molar-refractivity contribution in [1.82, 2.24) is 9.97 Å². The second-order valence-electron chi connectivity index (χ2n) is 1.82. The highest BCUT2D eigenvalue weighted by Gasteiger charge is 1.98. The molecule has 0 unspecified atom stereocenters. The van der Waals surface area contributed by atoms with Crippen molar-refractivity contribution in [3.05, 3.63) is 23.8 Å². The van der Waals surface area contributed by atoms with Crippen LogP contribution in [0, 0.1) is 6.92 Å². The first kappa shape index (κ1) is 14.2. The first-order valence-corrected chi connectivity index (χ1v) is 3.17. The molecule has 6 heteroatoms. The predicted molar refractivity (Wildman–Crippen MR) is 54.6 cm³/mol. The maximum absolute atomic E-state index is 10.5. The second kappa shape index (κ2) is 6.22. The predicted octanol–water partition coefficient (Wildman–Crippen LogP) is 1.70. The van der Waals surface area contributed by atoms with Crippen molar-refractivity contribution in [2.45, 2.75) is 6.92 Å². The summed E-state index contributed by atoms with van der Waals surface area (Å²) in [5, 5.41) is -0.306. The van der Waals surface area contributed by atoms with Crippen LogP contribution in [0.2, 0.25) is 0 Å². The van der Waals surface area contributed by atoms with Gasteiger partial charge in [0.15, 0.2) is 0 Å². The van der Waals surface area contributed by atoms with E-state index in [4.69, 9.17) is 0 Å². The van der Waals surface area contributed by atoms with Gasteiger partial charge in [0.1, 0.15) is 5.82 Å². The molecular weight excluding hydrogens is 219 g/mol. The number of carbonyl (C=O) groups is 1. The van der Waals surface area contributed by atoms with Crippen LogP contribution in [0.5, 0.6) is 0 Å². The van der Waals surface area contributed by atoms with Crippen molar-refractivity contribution in [2.24, 2.45) is 0 Å². The van der Waals surface area contributed by atoms with Crippen LogP contribution in [-0.2, 0) is 0 Å². The van der Waals surface area contributed by atoms with E-state index in [0.717, 1.165) is 0 Å². The zero-order valence-electron chi connectivity index (χ0n) is 6.22. The fraction of sp³-hybridized carbons (Fsp3) is 0.167. The molecule has 1 aromatic heterocycles. The van der Waals surface area contributed by atoms with E-state index in [1.807, 2.05) is 0 Å². The quantitative estimate of drug-likeness (QED) is 0.742. The number of hydrogen-bond acceptors (Lipinski definition) is 3. The maximum Gasteiger partial charge on any atom is 0.219 e. The first-order chi connectivity index (χ1) is 4.70. The zero-order valence-corrected chi connectivity index (χ0v) is 8.75. The van der Waals surface area contributed by atoms with Gasteiger partial charge in [-0.2, -0.15) is 0 Å². The molecule has 1 aromatic rings.